The van der Waals surface area contributed by atoms with Crippen molar-refractivity contribution in [2.24, 2.45) is 7.05 Å². The van der Waals surface area contributed by atoms with E-state index in [4.69, 9.17) is 0 Å². The van der Waals surface area contributed by atoms with Gasteiger partial charge in [0.15, 0.2) is 0 Å². The molecular formula is C14H18N2. The van der Waals surface area contributed by atoms with E-state index in [2.05, 4.69) is 50.2 Å². The molecule has 2 heteroatoms. The Bertz CT molecular complexity index is 499. The maximum absolute atomic E-state index is 4.46. The molecule has 1 aliphatic carbocycles. The van der Waals surface area contributed by atoms with Gasteiger partial charge in [-0.3, -0.25) is 4.68 Å². The zero-order chi connectivity index (χ0) is 11.7. The van der Waals surface area contributed by atoms with Gasteiger partial charge in [0.05, 0.1) is 5.69 Å². The fourth-order valence-electron chi connectivity index (χ4n) is 2.11. The van der Waals surface area contributed by atoms with Gasteiger partial charge in [-0.25, -0.2) is 0 Å². The summed E-state index contributed by atoms with van der Waals surface area (Å²) in [6.07, 6.45) is 9.87. The third-order valence-electron chi connectivity index (χ3n) is 3.10. The molecule has 84 valence electrons. The largest absolute Gasteiger partial charge is 0.272 e. The molecule has 0 saturated carbocycles. The maximum Gasteiger partial charge on any atom is 0.0674 e. The van der Waals surface area contributed by atoms with Gasteiger partial charge in [0, 0.05) is 18.3 Å². The topological polar surface area (TPSA) is 17.8 Å². The Kier molecular flexibility index (Phi) is 2.82. The molecule has 1 heterocycles. The zero-order valence-electron chi connectivity index (χ0n) is 10.4. The molecule has 0 N–H and O–H groups in total. The van der Waals surface area contributed by atoms with Gasteiger partial charge >= 0.3 is 0 Å². The maximum atomic E-state index is 4.46. The minimum Gasteiger partial charge on any atom is -0.272 e. The summed E-state index contributed by atoms with van der Waals surface area (Å²) in [6, 6.07) is 0. The monoisotopic (exact) mass is 214 g/mol. The molecule has 0 aliphatic heterocycles. The van der Waals surface area contributed by atoms with Gasteiger partial charge in [-0.05, 0) is 32.8 Å². The summed E-state index contributed by atoms with van der Waals surface area (Å²) in [6.45, 7) is 6.33. The Morgan fingerprint density at radius 2 is 1.88 bits per heavy atom. The van der Waals surface area contributed by atoms with Crippen molar-refractivity contribution in [1.82, 2.24) is 9.78 Å². The smallest absolute Gasteiger partial charge is 0.0674 e. The van der Waals surface area contributed by atoms with Gasteiger partial charge in [0.2, 0.25) is 0 Å². The lowest BCUT2D eigenvalue weighted by molar-refractivity contribution is 0.731. The minimum absolute atomic E-state index is 1.00. The highest BCUT2D eigenvalue weighted by Crippen LogP contribution is 2.25. The van der Waals surface area contributed by atoms with E-state index in [0.29, 0.717) is 0 Å². The quantitative estimate of drug-likeness (QED) is 0.701. The minimum atomic E-state index is 1.00. The Morgan fingerprint density at radius 3 is 2.50 bits per heavy atom. The molecule has 0 radical (unpaired) electrons. The number of nitrogens with zero attached hydrogens (tertiary/aromatic N) is 2. The van der Waals surface area contributed by atoms with Crippen molar-refractivity contribution in [3.8, 4) is 0 Å². The van der Waals surface area contributed by atoms with Gasteiger partial charge in [-0.2, -0.15) is 5.10 Å². The van der Waals surface area contributed by atoms with Crippen molar-refractivity contribution >= 4 is 5.57 Å². The molecule has 16 heavy (non-hydrogen) atoms. The van der Waals surface area contributed by atoms with Crippen molar-refractivity contribution in [3.63, 3.8) is 0 Å². The van der Waals surface area contributed by atoms with Crippen molar-refractivity contribution in [3.05, 3.63) is 46.8 Å². The van der Waals surface area contributed by atoms with Gasteiger partial charge < -0.3 is 0 Å². The number of hydrogen-bond donors (Lipinski definition) is 0. The highest BCUT2D eigenvalue weighted by Gasteiger charge is 2.12. The van der Waals surface area contributed by atoms with E-state index in [-0.39, 0.29) is 0 Å². The first kappa shape index (κ1) is 10.9. The van der Waals surface area contributed by atoms with E-state index in [1.54, 1.807) is 0 Å². The Morgan fingerprint density at radius 1 is 1.12 bits per heavy atom. The summed E-state index contributed by atoms with van der Waals surface area (Å²) in [5, 5.41) is 4.46. The van der Waals surface area contributed by atoms with Crippen LogP contribution in [0.2, 0.25) is 0 Å². The van der Waals surface area contributed by atoms with Gasteiger partial charge in [0.1, 0.15) is 0 Å². The van der Waals surface area contributed by atoms with Crippen molar-refractivity contribution < 1.29 is 0 Å². The van der Waals surface area contributed by atoms with Crippen LogP contribution in [0.5, 0.6) is 0 Å². The fraction of sp³-hybridized carbons (Fsp3) is 0.357. The van der Waals surface area contributed by atoms with Gasteiger partial charge in [-0.1, -0.05) is 29.9 Å². The average molecular weight is 214 g/mol. The standard InChI is InChI=1S/C14H18N2/c1-10-6-5-7-13(9-8-10)14-11(2)15-16(4)12(14)3/h6-9H,5H2,1-4H3. The summed E-state index contributed by atoms with van der Waals surface area (Å²) < 4.78 is 1.95. The van der Waals surface area contributed by atoms with Crippen molar-refractivity contribution in [2.45, 2.75) is 27.2 Å². The lowest BCUT2D eigenvalue weighted by atomic mass is 10.0. The van der Waals surface area contributed by atoms with Crippen LogP contribution in [-0.4, -0.2) is 9.78 Å². The molecule has 2 rings (SSSR count). The summed E-state index contributed by atoms with van der Waals surface area (Å²) >= 11 is 0. The summed E-state index contributed by atoms with van der Waals surface area (Å²) in [4.78, 5) is 0. The first-order valence-electron chi connectivity index (χ1n) is 5.65. The second-order valence-corrected chi connectivity index (χ2v) is 4.35. The molecule has 0 fully saturated rings. The van der Waals surface area contributed by atoms with Crippen LogP contribution in [0.4, 0.5) is 0 Å². The molecule has 0 bridgehead atoms. The molecule has 0 unspecified atom stereocenters. The number of aromatic nitrogens is 2. The van der Waals surface area contributed by atoms with Gasteiger partial charge in [0.25, 0.3) is 0 Å². The predicted octanol–water partition coefficient (Wildman–Crippen LogP) is 3.33. The van der Waals surface area contributed by atoms with Gasteiger partial charge in [-0.15, -0.1) is 0 Å². The molecule has 1 aromatic heterocycles. The van der Waals surface area contributed by atoms with E-state index in [0.717, 1.165) is 12.1 Å². The van der Waals surface area contributed by atoms with Crippen LogP contribution in [0.1, 0.15) is 30.3 Å². The van der Waals surface area contributed by atoms with E-state index in [1.165, 1.54) is 22.4 Å². The Labute approximate surface area is 97.0 Å². The lowest BCUT2D eigenvalue weighted by Crippen LogP contribution is -1.93. The first-order valence-corrected chi connectivity index (χ1v) is 5.65. The highest BCUT2D eigenvalue weighted by atomic mass is 15.3. The average Bonchev–Trinajstić information content (AvgIpc) is 2.42. The summed E-state index contributed by atoms with van der Waals surface area (Å²) in [7, 11) is 2.00. The fourth-order valence-corrected chi connectivity index (χ4v) is 2.11. The van der Waals surface area contributed by atoms with Crippen LogP contribution >= 0.6 is 0 Å². The molecule has 0 spiro atoms. The molecule has 1 aliphatic rings. The predicted molar refractivity (Wildman–Crippen MR) is 68.2 cm³/mol. The first-order chi connectivity index (χ1) is 7.59. The molecule has 0 aromatic carbocycles. The second-order valence-electron chi connectivity index (χ2n) is 4.35. The molecule has 0 atom stereocenters. The molecule has 0 amide bonds. The van der Waals surface area contributed by atoms with Crippen LogP contribution in [0, 0.1) is 13.8 Å². The van der Waals surface area contributed by atoms with Crippen LogP contribution in [-0.2, 0) is 7.05 Å². The third kappa shape index (κ3) is 1.87. The number of hydrogen-bond acceptors (Lipinski definition) is 1. The molecular weight excluding hydrogens is 196 g/mol. The van der Waals surface area contributed by atoms with Crippen LogP contribution in [0.15, 0.2) is 29.9 Å². The van der Waals surface area contributed by atoms with Crippen molar-refractivity contribution in [1.29, 1.82) is 0 Å². The normalized spacial score (nSPS) is 15.8. The van der Waals surface area contributed by atoms with E-state index >= 15 is 0 Å². The Balaban J connectivity index is 2.46. The summed E-state index contributed by atoms with van der Waals surface area (Å²) in [5.74, 6) is 0. The van der Waals surface area contributed by atoms with E-state index in [9.17, 15) is 0 Å². The van der Waals surface area contributed by atoms with Crippen LogP contribution in [0.3, 0.4) is 0 Å². The summed E-state index contributed by atoms with van der Waals surface area (Å²) in [5.41, 5.74) is 6.23. The van der Waals surface area contributed by atoms with Crippen LogP contribution < -0.4 is 0 Å². The third-order valence-corrected chi connectivity index (χ3v) is 3.10. The van der Waals surface area contributed by atoms with Crippen molar-refractivity contribution in [2.75, 3.05) is 0 Å². The zero-order valence-corrected chi connectivity index (χ0v) is 10.4. The Hall–Kier alpha value is -1.57. The highest BCUT2D eigenvalue weighted by molar-refractivity contribution is 5.77. The molecule has 2 nitrogen and oxygen atoms in total. The SMILES string of the molecule is CC1=CCC=C(c2c(C)nn(C)c2C)C=C1. The molecule has 1 aromatic rings. The molecule has 0 saturated heterocycles. The second kappa shape index (κ2) is 4.12. The number of aryl methyl sites for hydroxylation is 2. The van der Waals surface area contributed by atoms with E-state index < -0.39 is 0 Å². The van der Waals surface area contributed by atoms with E-state index in [1.807, 2.05) is 11.7 Å². The lowest BCUT2D eigenvalue weighted by Gasteiger charge is -2.02. The van der Waals surface area contributed by atoms with Crippen LogP contribution in [0.25, 0.3) is 5.57 Å². The number of allylic oxidation sites excluding steroid dienone is 6. The number of rotatable bonds is 1.